The fraction of sp³-hybridized carbons (Fsp3) is 0.438. The van der Waals surface area contributed by atoms with E-state index >= 15 is 0 Å². The third-order valence-corrected chi connectivity index (χ3v) is 4.04. The van der Waals surface area contributed by atoms with Gasteiger partial charge in [-0.2, -0.15) is 0 Å². The van der Waals surface area contributed by atoms with Crippen LogP contribution in [-0.4, -0.2) is 24.8 Å². The normalized spacial score (nSPS) is 19.1. The molecule has 0 radical (unpaired) electrons. The maximum atomic E-state index is 12.5. The highest BCUT2D eigenvalue weighted by Gasteiger charge is 2.14. The fourth-order valence-corrected chi connectivity index (χ4v) is 2.89. The van der Waals surface area contributed by atoms with E-state index < -0.39 is 0 Å². The van der Waals surface area contributed by atoms with Gasteiger partial charge in [-0.15, -0.1) is 0 Å². The van der Waals surface area contributed by atoms with Crippen LogP contribution in [-0.2, 0) is 6.54 Å². The number of nitrogens with zero attached hydrogens (tertiary/aromatic N) is 1. The summed E-state index contributed by atoms with van der Waals surface area (Å²) in [6.07, 6.45) is 4.29. The van der Waals surface area contributed by atoms with Crippen molar-refractivity contribution in [1.82, 2.24) is 9.88 Å². The summed E-state index contributed by atoms with van der Waals surface area (Å²) >= 11 is 0. The molecule has 20 heavy (non-hydrogen) atoms. The van der Waals surface area contributed by atoms with Gasteiger partial charge in [-0.1, -0.05) is 0 Å². The van der Waals surface area contributed by atoms with Crippen molar-refractivity contribution in [3.05, 3.63) is 40.8 Å². The Balaban J connectivity index is 1.92. The molecular formula is C16H20N2O2. The van der Waals surface area contributed by atoms with E-state index in [4.69, 9.17) is 4.74 Å². The Morgan fingerprint density at radius 2 is 2.30 bits per heavy atom. The van der Waals surface area contributed by atoms with E-state index in [1.54, 1.807) is 7.11 Å². The number of benzene rings is 1. The topological polar surface area (TPSA) is 43.3 Å². The average Bonchev–Trinajstić information content (AvgIpc) is 2.51. The second-order valence-electron chi connectivity index (χ2n) is 5.44. The number of piperidine rings is 1. The van der Waals surface area contributed by atoms with E-state index in [2.05, 4.69) is 5.32 Å². The first-order chi connectivity index (χ1) is 9.78. The number of methoxy groups -OCH3 is 1. The Labute approximate surface area is 118 Å². The van der Waals surface area contributed by atoms with Crippen LogP contribution in [0.1, 0.15) is 12.8 Å². The Bertz CT molecular complexity index is 657. The first kappa shape index (κ1) is 13.2. The monoisotopic (exact) mass is 272 g/mol. The lowest BCUT2D eigenvalue weighted by Crippen LogP contribution is -2.34. The number of nitrogens with one attached hydrogen (secondary N) is 1. The summed E-state index contributed by atoms with van der Waals surface area (Å²) in [5, 5.41) is 5.09. The van der Waals surface area contributed by atoms with Gasteiger partial charge in [-0.3, -0.25) is 4.79 Å². The molecule has 2 heterocycles. The van der Waals surface area contributed by atoms with Crippen LogP contribution in [0.15, 0.2) is 35.3 Å². The zero-order valence-corrected chi connectivity index (χ0v) is 11.8. The van der Waals surface area contributed by atoms with Gasteiger partial charge in [0.05, 0.1) is 7.11 Å². The lowest BCUT2D eigenvalue weighted by molar-refractivity contribution is 0.334. The molecule has 4 heteroatoms. The summed E-state index contributed by atoms with van der Waals surface area (Å²) < 4.78 is 7.04. The van der Waals surface area contributed by atoms with Crippen LogP contribution in [0.5, 0.6) is 5.75 Å². The minimum atomic E-state index is 0.0933. The standard InChI is InChI=1S/C16H20N2O2/c1-20-14-4-5-15-13(9-14)6-8-18(16(15)19)11-12-3-2-7-17-10-12/h4-6,8-9,12,17H,2-3,7,10-11H2,1H3. The van der Waals surface area contributed by atoms with Crippen LogP contribution >= 0.6 is 0 Å². The van der Waals surface area contributed by atoms with Crippen molar-refractivity contribution < 1.29 is 4.74 Å². The zero-order chi connectivity index (χ0) is 13.9. The molecule has 0 bridgehead atoms. The summed E-state index contributed by atoms with van der Waals surface area (Å²) in [7, 11) is 1.64. The first-order valence-electron chi connectivity index (χ1n) is 7.16. The first-order valence-corrected chi connectivity index (χ1v) is 7.16. The Morgan fingerprint density at radius 3 is 3.05 bits per heavy atom. The van der Waals surface area contributed by atoms with Crippen LogP contribution < -0.4 is 15.6 Å². The van der Waals surface area contributed by atoms with Gasteiger partial charge in [0.1, 0.15) is 5.75 Å². The van der Waals surface area contributed by atoms with Gasteiger partial charge >= 0.3 is 0 Å². The minimum Gasteiger partial charge on any atom is -0.497 e. The molecule has 0 amide bonds. The smallest absolute Gasteiger partial charge is 0.258 e. The lowest BCUT2D eigenvalue weighted by atomic mass is 9.99. The summed E-state index contributed by atoms with van der Waals surface area (Å²) in [6.45, 7) is 2.91. The van der Waals surface area contributed by atoms with Crippen molar-refractivity contribution >= 4 is 10.8 Å². The molecule has 1 fully saturated rings. The molecule has 2 aromatic rings. The molecule has 106 valence electrons. The number of ether oxygens (including phenoxy) is 1. The Morgan fingerprint density at radius 1 is 1.40 bits per heavy atom. The van der Waals surface area contributed by atoms with Gasteiger partial charge in [0.2, 0.25) is 0 Å². The SMILES string of the molecule is COc1ccc2c(=O)n(CC3CCCNC3)ccc2c1. The van der Waals surface area contributed by atoms with E-state index in [9.17, 15) is 4.79 Å². The second-order valence-corrected chi connectivity index (χ2v) is 5.44. The highest BCUT2D eigenvalue weighted by atomic mass is 16.5. The lowest BCUT2D eigenvalue weighted by Gasteiger charge is -2.23. The average molecular weight is 272 g/mol. The highest BCUT2D eigenvalue weighted by molar-refractivity contribution is 5.82. The molecule has 0 aliphatic carbocycles. The van der Waals surface area contributed by atoms with E-state index in [1.165, 1.54) is 12.8 Å². The molecule has 1 N–H and O–H groups in total. The van der Waals surface area contributed by atoms with Crippen LogP contribution in [0.25, 0.3) is 10.8 Å². The third-order valence-electron chi connectivity index (χ3n) is 4.04. The van der Waals surface area contributed by atoms with E-state index in [0.29, 0.717) is 5.92 Å². The molecule has 4 nitrogen and oxygen atoms in total. The van der Waals surface area contributed by atoms with E-state index in [-0.39, 0.29) is 5.56 Å². The van der Waals surface area contributed by atoms with Crippen molar-refractivity contribution in [3.63, 3.8) is 0 Å². The molecule has 1 unspecified atom stereocenters. The minimum absolute atomic E-state index is 0.0933. The van der Waals surface area contributed by atoms with Gasteiger partial charge < -0.3 is 14.6 Å². The van der Waals surface area contributed by atoms with E-state index in [1.807, 2.05) is 35.0 Å². The van der Waals surface area contributed by atoms with Gasteiger partial charge in [-0.25, -0.2) is 0 Å². The number of hydrogen-bond acceptors (Lipinski definition) is 3. The maximum absolute atomic E-state index is 12.5. The summed E-state index contributed by atoms with van der Waals surface area (Å²) in [4.78, 5) is 12.5. The van der Waals surface area contributed by atoms with Crippen molar-refractivity contribution in [2.75, 3.05) is 20.2 Å². The number of fused-ring (bicyclic) bond motifs is 1. The second kappa shape index (κ2) is 5.67. The molecular weight excluding hydrogens is 252 g/mol. The van der Waals surface area contributed by atoms with Crippen LogP contribution in [0.3, 0.4) is 0 Å². The quantitative estimate of drug-likeness (QED) is 0.929. The van der Waals surface area contributed by atoms with Gasteiger partial charge in [0.25, 0.3) is 5.56 Å². The Kier molecular flexibility index (Phi) is 3.74. The molecule has 1 aromatic carbocycles. The summed E-state index contributed by atoms with van der Waals surface area (Å²) in [5.41, 5.74) is 0.0933. The van der Waals surface area contributed by atoms with Crippen molar-refractivity contribution in [2.24, 2.45) is 5.92 Å². The van der Waals surface area contributed by atoms with Crippen molar-refractivity contribution in [2.45, 2.75) is 19.4 Å². The van der Waals surface area contributed by atoms with Gasteiger partial charge in [0.15, 0.2) is 0 Å². The number of aromatic nitrogens is 1. The predicted molar refractivity (Wildman–Crippen MR) is 80.4 cm³/mol. The fourth-order valence-electron chi connectivity index (χ4n) is 2.89. The maximum Gasteiger partial charge on any atom is 0.258 e. The molecule has 1 aliphatic heterocycles. The number of rotatable bonds is 3. The zero-order valence-electron chi connectivity index (χ0n) is 11.8. The van der Waals surface area contributed by atoms with Crippen LogP contribution in [0.4, 0.5) is 0 Å². The Hall–Kier alpha value is -1.81. The van der Waals surface area contributed by atoms with Gasteiger partial charge in [-0.05, 0) is 61.5 Å². The number of hydrogen-bond donors (Lipinski definition) is 1. The molecule has 0 saturated carbocycles. The predicted octanol–water partition coefficient (Wildman–Crippen LogP) is 2.01. The molecule has 1 aliphatic rings. The van der Waals surface area contributed by atoms with E-state index in [0.717, 1.165) is 36.2 Å². The van der Waals surface area contributed by atoms with Crippen LogP contribution in [0, 0.1) is 5.92 Å². The number of pyridine rings is 1. The molecule has 3 rings (SSSR count). The van der Waals surface area contributed by atoms with Crippen LogP contribution in [0.2, 0.25) is 0 Å². The third kappa shape index (κ3) is 2.56. The van der Waals surface area contributed by atoms with Crippen molar-refractivity contribution in [1.29, 1.82) is 0 Å². The molecule has 1 atom stereocenters. The summed E-state index contributed by atoms with van der Waals surface area (Å²) in [6, 6.07) is 7.60. The molecule has 1 saturated heterocycles. The largest absolute Gasteiger partial charge is 0.497 e. The molecule has 0 spiro atoms. The van der Waals surface area contributed by atoms with Gasteiger partial charge in [0, 0.05) is 18.1 Å². The molecule has 1 aromatic heterocycles. The summed E-state index contributed by atoms with van der Waals surface area (Å²) in [5.74, 6) is 1.34. The highest BCUT2D eigenvalue weighted by Crippen LogP contribution is 2.18. The van der Waals surface area contributed by atoms with Crippen molar-refractivity contribution in [3.8, 4) is 5.75 Å².